The Balaban J connectivity index is 2.13. The van der Waals surface area contributed by atoms with Crippen molar-refractivity contribution in [1.29, 1.82) is 0 Å². The van der Waals surface area contributed by atoms with Crippen LogP contribution in [0.1, 0.15) is 24.8 Å². The summed E-state index contributed by atoms with van der Waals surface area (Å²) >= 11 is 5.22. The average Bonchev–Trinajstić information content (AvgIpc) is 2.87. The minimum Gasteiger partial charge on any atom is -0.493 e. The van der Waals surface area contributed by atoms with Crippen molar-refractivity contribution in [2.45, 2.75) is 19.9 Å². The Morgan fingerprint density at radius 3 is 2.65 bits per heavy atom. The summed E-state index contributed by atoms with van der Waals surface area (Å²) in [5.41, 5.74) is 1.02. The number of benzene rings is 1. The van der Waals surface area contributed by atoms with Gasteiger partial charge in [0, 0.05) is 16.6 Å². The Morgan fingerprint density at radius 2 is 2.05 bits per heavy atom. The molecule has 108 valence electrons. The van der Waals surface area contributed by atoms with Crippen LogP contribution in [0.15, 0.2) is 34.1 Å². The molecule has 0 aliphatic heterocycles. The molecule has 1 aromatic heterocycles. The lowest BCUT2D eigenvalue weighted by Gasteiger charge is -2.16. The van der Waals surface area contributed by atoms with Gasteiger partial charge in [0.15, 0.2) is 11.5 Å². The maximum absolute atomic E-state index is 5.52. The Hall–Kier alpha value is -1.20. The molecule has 2 aromatic rings. The van der Waals surface area contributed by atoms with E-state index in [1.165, 1.54) is 4.88 Å². The molecule has 0 spiro atoms. The van der Waals surface area contributed by atoms with Crippen molar-refractivity contribution < 1.29 is 9.47 Å². The maximum Gasteiger partial charge on any atom is 0.162 e. The van der Waals surface area contributed by atoms with E-state index in [0.717, 1.165) is 21.0 Å². The van der Waals surface area contributed by atoms with Gasteiger partial charge in [-0.1, -0.05) is 0 Å². The molecule has 1 heterocycles. The minimum absolute atomic E-state index is 0.244. The lowest BCUT2D eigenvalue weighted by molar-refractivity contribution is 0.311. The second-order valence-corrected chi connectivity index (χ2v) is 6.80. The second kappa shape index (κ2) is 6.99. The van der Waals surface area contributed by atoms with E-state index in [4.69, 9.17) is 9.47 Å². The first-order valence-corrected chi connectivity index (χ1v) is 8.07. The van der Waals surface area contributed by atoms with Gasteiger partial charge in [-0.15, -0.1) is 11.3 Å². The van der Waals surface area contributed by atoms with Gasteiger partial charge in [0.25, 0.3) is 0 Å². The van der Waals surface area contributed by atoms with E-state index in [9.17, 15) is 0 Å². The molecular weight excluding hydrogens is 338 g/mol. The van der Waals surface area contributed by atoms with Crippen LogP contribution in [-0.2, 0) is 0 Å². The minimum atomic E-state index is 0.244. The molecule has 1 aromatic carbocycles. The van der Waals surface area contributed by atoms with Crippen molar-refractivity contribution in [2.24, 2.45) is 0 Å². The quantitative estimate of drug-likeness (QED) is 0.782. The van der Waals surface area contributed by atoms with Crippen molar-refractivity contribution in [2.75, 3.05) is 19.0 Å². The Morgan fingerprint density at radius 1 is 1.25 bits per heavy atom. The summed E-state index contributed by atoms with van der Waals surface area (Å²) in [7, 11) is 1.65. The molecule has 1 N–H and O–H groups in total. The molecule has 3 nitrogen and oxygen atoms in total. The second-order valence-electron chi connectivity index (χ2n) is 4.31. The van der Waals surface area contributed by atoms with Gasteiger partial charge in [0.2, 0.25) is 0 Å². The van der Waals surface area contributed by atoms with Gasteiger partial charge >= 0.3 is 0 Å². The topological polar surface area (TPSA) is 30.5 Å². The Kier molecular flexibility index (Phi) is 5.31. The first kappa shape index (κ1) is 15.2. The van der Waals surface area contributed by atoms with E-state index in [2.05, 4.69) is 40.3 Å². The van der Waals surface area contributed by atoms with E-state index in [-0.39, 0.29) is 6.04 Å². The number of halogens is 1. The van der Waals surface area contributed by atoms with Gasteiger partial charge < -0.3 is 14.8 Å². The van der Waals surface area contributed by atoms with Crippen LogP contribution < -0.4 is 14.8 Å². The molecule has 0 amide bonds. The Labute approximate surface area is 132 Å². The van der Waals surface area contributed by atoms with Gasteiger partial charge in [0.05, 0.1) is 23.5 Å². The van der Waals surface area contributed by atoms with Crippen molar-refractivity contribution in [3.63, 3.8) is 0 Å². The highest BCUT2D eigenvalue weighted by Crippen LogP contribution is 2.33. The largest absolute Gasteiger partial charge is 0.493 e. The molecule has 5 heteroatoms. The molecule has 0 saturated heterocycles. The van der Waals surface area contributed by atoms with Crippen LogP contribution in [-0.4, -0.2) is 13.7 Å². The molecule has 0 aliphatic rings. The van der Waals surface area contributed by atoms with Crippen LogP contribution in [0.4, 0.5) is 5.69 Å². The molecule has 0 bridgehead atoms. The third kappa shape index (κ3) is 3.67. The van der Waals surface area contributed by atoms with E-state index in [0.29, 0.717) is 6.61 Å². The van der Waals surface area contributed by atoms with Gasteiger partial charge in [-0.2, -0.15) is 0 Å². The lowest BCUT2D eigenvalue weighted by atomic mass is 10.2. The summed E-state index contributed by atoms with van der Waals surface area (Å²) in [6, 6.07) is 10.3. The van der Waals surface area contributed by atoms with Crippen LogP contribution >= 0.6 is 27.3 Å². The summed E-state index contributed by atoms with van der Waals surface area (Å²) in [6.45, 7) is 4.73. The Bertz CT molecular complexity index is 571. The molecule has 2 rings (SSSR count). The van der Waals surface area contributed by atoms with Crippen LogP contribution in [0.2, 0.25) is 0 Å². The van der Waals surface area contributed by atoms with Crippen molar-refractivity contribution >= 4 is 33.0 Å². The SMILES string of the molecule is CCOc1ccc(NC(C)c2ccc(Br)s2)cc1OC. The number of nitrogens with one attached hydrogen (secondary N) is 1. The average molecular weight is 356 g/mol. The summed E-state index contributed by atoms with van der Waals surface area (Å²) < 4.78 is 12.0. The number of thiophene rings is 1. The summed E-state index contributed by atoms with van der Waals surface area (Å²) in [5.74, 6) is 1.52. The first-order chi connectivity index (χ1) is 9.63. The van der Waals surface area contributed by atoms with Crippen molar-refractivity contribution in [1.82, 2.24) is 0 Å². The molecule has 1 atom stereocenters. The standard InChI is InChI=1S/C15H18BrNO2S/c1-4-19-12-6-5-11(9-13(12)18-3)17-10(2)14-7-8-15(16)20-14/h5-10,17H,4H2,1-3H3. The van der Waals surface area contributed by atoms with Crippen LogP contribution in [0.3, 0.4) is 0 Å². The monoisotopic (exact) mass is 355 g/mol. The summed E-state index contributed by atoms with van der Waals surface area (Å²) in [5, 5.41) is 3.47. The lowest BCUT2D eigenvalue weighted by Crippen LogP contribution is -2.05. The predicted molar refractivity (Wildman–Crippen MR) is 88.2 cm³/mol. The fourth-order valence-electron chi connectivity index (χ4n) is 1.91. The number of ether oxygens (including phenoxy) is 2. The van der Waals surface area contributed by atoms with E-state index >= 15 is 0 Å². The first-order valence-electron chi connectivity index (χ1n) is 6.46. The molecule has 0 saturated carbocycles. The molecule has 0 radical (unpaired) electrons. The third-order valence-corrected chi connectivity index (χ3v) is 4.67. The van der Waals surface area contributed by atoms with Gasteiger partial charge in [-0.25, -0.2) is 0 Å². The van der Waals surface area contributed by atoms with Gasteiger partial charge in [0.1, 0.15) is 0 Å². The highest BCUT2D eigenvalue weighted by molar-refractivity contribution is 9.11. The summed E-state index contributed by atoms with van der Waals surface area (Å²) in [6.07, 6.45) is 0. The molecule has 20 heavy (non-hydrogen) atoms. The number of hydrogen-bond donors (Lipinski definition) is 1. The van der Waals surface area contributed by atoms with Gasteiger partial charge in [-0.05, 0) is 54.0 Å². The third-order valence-electron chi connectivity index (χ3n) is 2.87. The zero-order valence-corrected chi connectivity index (χ0v) is 14.2. The smallest absolute Gasteiger partial charge is 0.162 e. The highest BCUT2D eigenvalue weighted by Gasteiger charge is 2.10. The number of anilines is 1. The van der Waals surface area contributed by atoms with Crippen LogP contribution in [0.5, 0.6) is 11.5 Å². The number of rotatable bonds is 6. The predicted octanol–water partition coefficient (Wildman–Crippen LogP) is 5.09. The number of hydrogen-bond acceptors (Lipinski definition) is 4. The highest BCUT2D eigenvalue weighted by atomic mass is 79.9. The van der Waals surface area contributed by atoms with Crippen molar-refractivity contribution in [3.05, 3.63) is 39.0 Å². The normalized spacial score (nSPS) is 12.0. The molecular formula is C15H18BrNO2S. The van der Waals surface area contributed by atoms with Crippen LogP contribution in [0.25, 0.3) is 0 Å². The van der Waals surface area contributed by atoms with Gasteiger partial charge in [-0.3, -0.25) is 0 Å². The maximum atomic E-state index is 5.52. The fraction of sp³-hybridized carbons (Fsp3) is 0.333. The molecule has 0 aliphatic carbocycles. The fourth-order valence-corrected chi connectivity index (χ4v) is 3.34. The molecule has 0 fully saturated rings. The van der Waals surface area contributed by atoms with E-state index in [1.54, 1.807) is 18.4 Å². The van der Waals surface area contributed by atoms with Crippen LogP contribution in [0, 0.1) is 0 Å². The van der Waals surface area contributed by atoms with E-state index in [1.807, 2.05) is 25.1 Å². The number of methoxy groups -OCH3 is 1. The molecule has 1 unspecified atom stereocenters. The van der Waals surface area contributed by atoms with E-state index < -0.39 is 0 Å². The summed E-state index contributed by atoms with van der Waals surface area (Å²) in [4.78, 5) is 1.28. The van der Waals surface area contributed by atoms with Crippen molar-refractivity contribution in [3.8, 4) is 11.5 Å². The zero-order valence-electron chi connectivity index (χ0n) is 11.8. The zero-order chi connectivity index (χ0) is 14.5.